The zero-order valence-corrected chi connectivity index (χ0v) is 11.8. The van der Waals surface area contributed by atoms with Crippen LogP contribution in [0.4, 0.5) is 5.82 Å². The molecule has 0 unspecified atom stereocenters. The van der Waals surface area contributed by atoms with Crippen LogP contribution in [0.5, 0.6) is 0 Å². The van der Waals surface area contributed by atoms with Crippen molar-refractivity contribution in [1.29, 1.82) is 0 Å². The van der Waals surface area contributed by atoms with Crippen molar-refractivity contribution in [2.45, 2.75) is 26.0 Å². The SMILES string of the molecule is CCCNc1cc(CSCC(=O)NCC)ccn1. The van der Waals surface area contributed by atoms with Crippen LogP contribution in [0.1, 0.15) is 25.8 Å². The Bertz CT molecular complexity index is 371. The molecule has 0 spiro atoms. The molecule has 0 radical (unpaired) electrons. The molecule has 0 atom stereocenters. The van der Waals surface area contributed by atoms with Gasteiger partial charge in [0, 0.05) is 25.0 Å². The minimum absolute atomic E-state index is 0.0980. The standard InChI is InChI=1S/C13H21N3OS/c1-3-6-15-12-8-11(5-7-16-12)9-18-10-13(17)14-4-2/h5,7-8H,3-4,6,9-10H2,1-2H3,(H,14,17)(H,15,16). The first-order valence-electron chi connectivity index (χ1n) is 6.29. The maximum Gasteiger partial charge on any atom is 0.229 e. The first kappa shape index (κ1) is 14.8. The van der Waals surface area contributed by atoms with E-state index in [4.69, 9.17) is 0 Å². The number of nitrogens with one attached hydrogen (secondary N) is 2. The smallest absolute Gasteiger partial charge is 0.229 e. The second-order valence-electron chi connectivity index (χ2n) is 3.92. The zero-order chi connectivity index (χ0) is 13.2. The lowest BCUT2D eigenvalue weighted by Gasteiger charge is -2.06. The molecule has 18 heavy (non-hydrogen) atoms. The molecule has 0 saturated heterocycles. The highest BCUT2D eigenvalue weighted by atomic mass is 32.2. The Balaban J connectivity index is 2.35. The fraction of sp³-hybridized carbons (Fsp3) is 0.538. The van der Waals surface area contributed by atoms with Crippen LogP contribution in [0.2, 0.25) is 0 Å². The van der Waals surface area contributed by atoms with Gasteiger partial charge in [-0.15, -0.1) is 11.8 Å². The van der Waals surface area contributed by atoms with Crippen molar-refractivity contribution in [3.05, 3.63) is 23.9 Å². The Morgan fingerprint density at radius 3 is 3.00 bits per heavy atom. The van der Waals surface area contributed by atoms with Gasteiger partial charge < -0.3 is 10.6 Å². The molecule has 1 aromatic rings. The van der Waals surface area contributed by atoms with Gasteiger partial charge in [-0.2, -0.15) is 0 Å². The van der Waals surface area contributed by atoms with Gasteiger partial charge in [0.05, 0.1) is 5.75 Å². The van der Waals surface area contributed by atoms with E-state index in [0.717, 1.165) is 24.5 Å². The van der Waals surface area contributed by atoms with E-state index in [0.29, 0.717) is 12.3 Å². The van der Waals surface area contributed by atoms with Gasteiger partial charge in [0.25, 0.3) is 0 Å². The number of aromatic nitrogens is 1. The summed E-state index contributed by atoms with van der Waals surface area (Å²) >= 11 is 1.62. The van der Waals surface area contributed by atoms with Crippen LogP contribution in [0, 0.1) is 0 Å². The first-order valence-corrected chi connectivity index (χ1v) is 7.45. The van der Waals surface area contributed by atoms with Crippen LogP contribution in [0.15, 0.2) is 18.3 Å². The summed E-state index contributed by atoms with van der Waals surface area (Å²) in [5, 5.41) is 6.04. The van der Waals surface area contributed by atoms with Crippen molar-refractivity contribution in [3.8, 4) is 0 Å². The molecule has 0 saturated carbocycles. The molecule has 1 rings (SSSR count). The number of carbonyl (C=O) groups is 1. The summed E-state index contributed by atoms with van der Waals surface area (Å²) < 4.78 is 0. The summed E-state index contributed by atoms with van der Waals surface area (Å²) in [6.07, 6.45) is 2.89. The number of carbonyl (C=O) groups excluding carboxylic acids is 1. The molecule has 100 valence electrons. The highest BCUT2D eigenvalue weighted by Gasteiger charge is 2.01. The van der Waals surface area contributed by atoms with Crippen molar-refractivity contribution in [1.82, 2.24) is 10.3 Å². The highest BCUT2D eigenvalue weighted by molar-refractivity contribution is 7.99. The second kappa shape index (κ2) is 8.80. The average molecular weight is 267 g/mol. The van der Waals surface area contributed by atoms with E-state index in [1.54, 1.807) is 18.0 Å². The summed E-state index contributed by atoms with van der Waals surface area (Å²) in [4.78, 5) is 15.5. The van der Waals surface area contributed by atoms with Gasteiger partial charge in [-0.05, 0) is 31.0 Å². The Morgan fingerprint density at radius 1 is 1.44 bits per heavy atom. The number of thioether (sulfide) groups is 1. The van der Waals surface area contributed by atoms with Crippen LogP contribution < -0.4 is 10.6 Å². The van der Waals surface area contributed by atoms with Gasteiger partial charge in [0.15, 0.2) is 0 Å². The van der Waals surface area contributed by atoms with Crippen molar-refractivity contribution < 1.29 is 4.79 Å². The van der Waals surface area contributed by atoms with Gasteiger partial charge in [-0.3, -0.25) is 4.79 Å². The van der Waals surface area contributed by atoms with E-state index in [9.17, 15) is 4.79 Å². The Morgan fingerprint density at radius 2 is 2.28 bits per heavy atom. The predicted molar refractivity (Wildman–Crippen MR) is 77.9 cm³/mol. The van der Waals surface area contributed by atoms with Crippen molar-refractivity contribution >= 4 is 23.5 Å². The molecular formula is C13H21N3OS. The maximum absolute atomic E-state index is 11.3. The van der Waals surface area contributed by atoms with Gasteiger partial charge in [-0.25, -0.2) is 4.98 Å². The van der Waals surface area contributed by atoms with Crippen molar-refractivity contribution in [3.63, 3.8) is 0 Å². The molecule has 2 N–H and O–H groups in total. The van der Waals surface area contributed by atoms with E-state index in [2.05, 4.69) is 22.5 Å². The van der Waals surface area contributed by atoms with E-state index in [1.807, 2.05) is 19.1 Å². The third-order valence-electron chi connectivity index (χ3n) is 2.26. The molecule has 4 nitrogen and oxygen atoms in total. The number of hydrogen-bond acceptors (Lipinski definition) is 4. The van der Waals surface area contributed by atoms with Crippen LogP contribution in [0.3, 0.4) is 0 Å². The quantitative estimate of drug-likeness (QED) is 0.758. The maximum atomic E-state index is 11.3. The number of anilines is 1. The van der Waals surface area contributed by atoms with Crippen LogP contribution >= 0.6 is 11.8 Å². The molecule has 0 aromatic carbocycles. The van der Waals surface area contributed by atoms with Crippen LogP contribution in [0.25, 0.3) is 0 Å². The zero-order valence-electron chi connectivity index (χ0n) is 11.0. The summed E-state index contributed by atoms with van der Waals surface area (Å²) in [6, 6.07) is 4.03. The van der Waals surface area contributed by atoms with E-state index < -0.39 is 0 Å². The number of amides is 1. The Hall–Kier alpha value is -1.23. The average Bonchev–Trinajstić information content (AvgIpc) is 2.37. The minimum atomic E-state index is 0.0980. The monoisotopic (exact) mass is 267 g/mol. The van der Waals surface area contributed by atoms with Crippen molar-refractivity contribution in [2.24, 2.45) is 0 Å². The topological polar surface area (TPSA) is 54.0 Å². The molecular weight excluding hydrogens is 246 g/mol. The first-order chi connectivity index (χ1) is 8.76. The van der Waals surface area contributed by atoms with E-state index >= 15 is 0 Å². The molecule has 5 heteroatoms. The lowest BCUT2D eigenvalue weighted by molar-refractivity contribution is -0.118. The summed E-state index contributed by atoms with van der Waals surface area (Å²) in [7, 11) is 0. The number of nitrogens with zero attached hydrogens (tertiary/aromatic N) is 1. The molecule has 0 aliphatic carbocycles. The molecule has 0 bridgehead atoms. The fourth-order valence-electron chi connectivity index (χ4n) is 1.42. The van der Waals surface area contributed by atoms with Gasteiger partial charge in [0.2, 0.25) is 5.91 Å². The van der Waals surface area contributed by atoms with E-state index in [-0.39, 0.29) is 5.91 Å². The Labute approximate surface area is 113 Å². The van der Waals surface area contributed by atoms with Crippen LogP contribution in [-0.2, 0) is 10.5 Å². The molecule has 0 fully saturated rings. The largest absolute Gasteiger partial charge is 0.370 e. The molecule has 1 heterocycles. The number of pyridine rings is 1. The predicted octanol–water partition coefficient (Wildman–Crippen LogP) is 2.27. The number of hydrogen-bond donors (Lipinski definition) is 2. The summed E-state index contributed by atoms with van der Waals surface area (Å²) in [5.74, 6) is 2.35. The Kier molecular flexibility index (Phi) is 7.25. The van der Waals surface area contributed by atoms with Gasteiger partial charge >= 0.3 is 0 Å². The molecule has 1 aromatic heterocycles. The molecule has 0 aliphatic heterocycles. The normalized spacial score (nSPS) is 10.1. The lowest BCUT2D eigenvalue weighted by atomic mass is 10.3. The van der Waals surface area contributed by atoms with Gasteiger partial charge in [-0.1, -0.05) is 6.92 Å². The number of rotatable bonds is 8. The van der Waals surface area contributed by atoms with Crippen molar-refractivity contribution in [2.75, 3.05) is 24.2 Å². The molecule has 0 aliphatic rings. The van der Waals surface area contributed by atoms with E-state index in [1.165, 1.54) is 5.56 Å². The highest BCUT2D eigenvalue weighted by Crippen LogP contribution is 2.14. The fourth-order valence-corrected chi connectivity index (χ4v) is 2.23. The van der Waals surface area contributed by atoms with Gasteiger partial charge in [0.1, 0.15) is 5.82 Å². The third-order valence-corrected chi connectivity index (χ3v) is 3.26. The summed E-state index contributed by atoms with van der Waals surface area (Å²) in [5.41, 5.74) is 1.19. The third kappa shape index (κ3) is 5.91. The lowest BCUT2D eigenvalue weighted by Crippen LogP contribution is -2.24. The molecule has 1 amide bonds. The summed E-state index contributed by atoms with van der Waals surface area (Å²) in [6.45, 7) is 5.68. The second-order valence-corrected chi connectivity index (χ2v) is 4.91. The van der Waals surface area contributed by atoms with Crippen LogP contribution in [-0.4, -0.2) is 29.7 Å². The minimum Gasteiger partial charge on any atom is -0.370 e.